The Labute approximate surface area is 241 Å². The Bertz CT molecular complexity index is 1130. The number of aliphatic imine (C=N–C) groups is 1. The van der Waals surface area contributed by atoms with Crippen LogP contribution in [0.1, 0.15) is 18.5 Å². The third-order valence-corrected chi connectivity index (χ3v) is 5.39. The number of carbonyl (C=O) groups excluding carboxylic acids is 4. The summed E-state index contributed by atoms with van der Waals surface area (Å²) in [6, 6.07) is 6.68. The van der Waals surface area contributed by atoms with E-state index < -0.39 is 73.6 Å². The second-order valence-corrected chi connectivity index (χ2v) is 8.94. The van der Waals surface area contributed by atoms with E-state index in [0.29, 0.717) is 5.56 Å². The molecule has 0 saturated heterocycles. The highest BCUT2D eigenvalue weighted by Crippen LogP contribution is 2.13. The van der Waals surface area contributed by atoms with E-state index in [0.717, 1.165) is 4.90 Å². The minimum atomic E-state index is -2.13. The summed E-state index contributed by atoms with van der Waals surface area (Å²) in [6.45, 7) is -0.780. The molecule has 18 nitrogen and oxygen atoms in total. The highest BCUT2D eigenvalue weighted by molar-refractivity contribution is 5.92. The van der Waals surface area contributed by atoms with Crippen LogP contribution >= 0.6 is 0 Å². The minimum absolute atomic E-state index is 0.0878. The molecule has 0 radical (unpaired) electrons. The van der Waals surface area contributed by atoms with Crippen LogP contribution in [0, 0.1) is 0 Å². The van der Waals surface area contributed by atoms with Crippen LogP contribution in [-0.4, -0.2) is 125 Å². The number of hydrogen-bond donors (Lipinski definition) is 9. The van der Waals surface area contributed by atoms with Crippen molar-refractivity contribution < 1.29 is 44.1 Å². The second-order valence-electron chi connectivity index (χ2n) is 8.94. The predicted octanol–water partition coefficient (Wildman–Crippen LogP) is -4.47. The van der Waals surface area contributed by atoms with E-state index in [-0.39, 0.29) is 25.6 Å². The molecule has 0 spiro atoms. The van der Waals surface area contributed by atoms with Crippen molar-refractivity contribution in [1.29, 1.82) is 0 Å². The van der Waals surface area contributed by atoms with Gasteiger partial charge in [0.1, 0.15) is 12.2 Å². The standard InChI is InChI=1S/C24H37N9O9/c1-14(29-24(25)26)28-21(40)20(15-6-4-3-5-7-15)31-23(42)22(41)30-17(35)11-33(13-19(38)39)9-8-32(12-18(36)37)10-16(34)27-2/h3-7,14,20,22,41H,8-13H2,1-2H3,(H,27,34)(H,28,40)(H,30,35)(H,31,42)(H,36,37)(H,38,39)(H4,25,26,29). The number of carboxylic acids is 2. The third-order valence-electron chi connectivity index (χ3n) is 5.39. The molecule has 1 rings (SSSR count). The van der Waals surface area contributed by atoms with Crippen LogP contribution in [0.3, 0.4) is 0 Å². The van der Waals surface area contributed by atoms with Crippen molar-refractivity contribution in [1.82, 2.24) is 31.1 Å². The average Bonchev–Trinajstić information content (AvgIpc) is 2.89. The van der Waals surface area contributed by atoms with Gasteiger partial charge < -0.3 is 48.1 Å². The van der Waals surface area contributed by atoms with E-state index >= 15 is 0 Å². The first-order chi connectivity index (χ1) is 19.7. The first-order valence-electron chi connectivity index (χ1n) is 12.5. The lowest BCUT2D eigenvalue weighted by atomic mass is 10.1. The number of nitrogens with one attached hydrogen (secondary N) is 4. The second kappa shape index (κ2) is 17.8. The molecule has 1 aromatic carbocycles. The normalized spacial score (nSPS) is 12.9. The van der Waals surface area contributed by atoms with Gasteiger partial charge in [-0.1, -0.05) is 30.3 Å². The highest BCUT2D eigenvalue weighted by Gasteiger charge is 2.28. The van der Waals surface area contributed by atoms with Crippen LogP contribution < -0.4 is 32.7 Å². The van der Waals surface area contributed by atoms with Crippen LogP contribution in [0.25, 0.3) is 0 Å². The van der Waals surface area contributed by atoms with Crippen molar-refractivity contribution in [3.8, 4) is 0 Å². The molecule has 0 saturated carbocycles. The Morgan fingerprint density at radius 1 is 0.810 bits per heavy atom. The molecule has 1 aromatic rings. The topological polar surface area (TPSA) is 282 Å². The lowest BCUT2D eigenvalue weighted by molar-refractivity contribution is -0.142. The van der Waals surface area contributed by atoms with Crippen molar-refractivity contribution in [2.45, 2.75) is 25.4 Å². The van der Waals surface area contributed by atoms with Gasteiger partial charge in [0.2, 0.25) is 23.9 Å². The summed E-state index contributed by atoms with van der Waals surface area (Å²) < 4.78 is 0. The molecule has 0 aliphatic carbocycles. The smallest absolute Gasteiger partial charge is 0.317 e. The van der Waals surface area contributed by atoms with Crippen molar-refractivity contribution in [2.24, 2.45) is 16.5 Å². The van der Waals surface area contributed by atoms with Crippen LogP contribution in [0.2, 0.25) is 0 Å². The van der Waals surface area contributed by atoms with E-state index in [4.69, 9.17) is 16.6 Å². The Morgan fingerprint density at radius 2 is 1.33 bits per heavy atom. The molecule has 0 aliphatic heterocycles. The summed E-state index contributed by atoms with van der Waals surface area (Å²) in [5.74, 6) is -6.09. The predicted molar refractivity (Wildman–Crippen MR) is 147 cm³/mol. The molecule has 11 N–H and O–H groups in total. The number of carboxylic acid groups (broad SMARTS) is 2. The number of carbonyl (C=O) groups is 6. The van der Waals surface area contributed by atoms with Crippen LogP contribution in [0.5, 0.6) is 0 Å². The van der Waals surface area contributed by atoms with Gasteiger partial charge in [-0.3, -0.25) is 38.6 Å². The number of aliphatic hydroxyl groups is 1. The number of likely N-dealkylation sites (N-methyl/N-ethyl adjacent to an activating group) is 1. The maximum Gasteiger partial charge on any atom is 0.317 e. The van der Waals surface area contributed by atoms with Gasteiger partial charge in [0, 0.05) is 20.1 Å². The molecule has 3 atom stereocenters. The summed E-state index contributed by atoms with van der Waals surface area (Å²) in [5.41, 5.74) is 11.0. The molecule has 0 bridgehead atoms. The SMILES string of the molecule is CNC(=O)CN(CCN(CC(=O)O)CC(=O)NC(O)C(=O)NC(C(=O)NC(C)N=C(N)N)c1ccccc1)CC(=O)O. The summed E-state index contributed by atoms with van der Waals surface area (Å²) in [4.78, 5) is 78.4. The summed E-state index contributed by atoms with van der Waals surface area (Å²) in [6.07, 6.45) is -2.98. The molecule has 4 amide bonds. The van der Waals surface area contributed by atoms with Crippen LogP contribution in [0.4, 0.5) is 0 Å². The van der Waals surface area contributed by atoms with E-state index in [9.17, 15) is 39.0 Å². The number of amides is 4. The van der Waals surface area contributed by atoms with Gasteiger partial charge in [-0.2, -0.15) is 0 Å². The fraction of sp³-hybridized carbons (Fsp3) is 0.458. The van der Waals surface area contributed by atoms with E-state index in [1.807, 2.05) is 5.32 Å². The molecule has 232 valence electrons. The number of guanidine groups is 1. The zero-order valence-electron chi connectivity index (χ0n) is 23.1. The zero-order chi connectivity index (χ0) is 31.8. The number of rotatable bonds is 18. The maximum absolute atomic E-state index is 12.9. The van der Waals surface area contributed by atoms with Gasteiger partial charge >= 0.3 is 11.9 Å². The summed E-state index contributed by atoms with van der Waals surface area (Å²) >= 11 is 0. The summed E-state index contributed by atoms with van der Waals surface area (Å²) in [5, 5.41) is 37.8. The summed E-state index contributed by atoms with van der Waals surface area (Å²) in [7, 11) is 1.37. The largest absolute Gasteiger partial charge is 0.480 e. The number of nitrogens with zero attached hydrogens (tertiary/aromatic N) is 3. The van der Waals surface area contributed by atoms with Gasteiger partial charge in [-0.15, -0.1) is 0 Å². The van der Waals surface area contributed by atoms with E-state index in [1.54, 1.807) is 30.3 Å². The lowest BCUT2D eigenvalue weighted by Crippen LogP contribution is -2.53. The average molecular weight is 596 g/mol. The third kappa shape index (κ3) is 14.0. The number of aliphatic carboxylic acids is 2. The maximum atomic E-state index is 12.9. The Hall–Kier alpha value is -4.81. The van der Waals surface area contributed by atoms with Crippen LogP contribution in [0.15, 0.2) is 35.3 Å². The van der Waals surface area contributed by atoms with Crippen molar-refractivity contribution in [2.75, 3.05) is 46.3 Å². The number of aliphatic hydroxyl groups excluding tert-OH is 1. The lowest BCUT2D eigenvalue weighted by Gasteiger charge is -2.25. The Kier molecular flexibility index (Phi) is 14.9. The van der Waals surface area contributed by atoms with Crippen molar-refractivity contribution in [3.05, 3.63) is 35.9 Å². The van der Waals surface area contributed by atoms with Gasteiger partial charge in [-0.25, -0.2) is 4.99 Å². The molecule has 0 aromatic heterocycles. The number of benzene rings is 1. The van der Waals surface area contributed by atoms with E-state index in [1.165, 1.54) is 18.9 Å². The van der Waals surface area contributed by atoms with Gasteiger partial charge in [-0.05, 0) is 12.5 Å². The molecule has 0 aliphatic rings. The molecule has 42 heavy (non-hydrogen) atoms. The van der Waals surface area contributed by atoms with E-state index in [2.05, 4.69) is 20.9 Å². The fourth-order valence-corrected chi connectivity index (χ4v) is 3.55. The number of nitrogens with two attached hydrogens (primary N) is 2. The first kappa shape index (κ1) is 35.2. The Morgan fingerprint density at radius 3 is 1.81 bits per heavy atom. The Balaban J connectivity index is 2.89. The molecule has 0 heterocycles. The molecule has 3 unspecified atom stereocenters. The zero-order valence-corrected chi connectivity index (χ0v) is 23.1. The minimum Gasteiger partial charge on any atom is -0.480 e. The first-order valence-corrected chi connectivity index (χ1v) is 12.5. The molecular weight excluding hydrogens is 558 g/mol. The fourth-order valence-electron chi connectivity index (χ4n) is 3.55. The van der Waals surface area contributed by atoms with Crippen LogP contribution in [-0.2, 0) is 28.8 Å². The highest BCUT2D eigenvalue weighted by atomic mass is 16.4. The number of hydrogen-bond acceptors (Lipinski definition) is 10. The molecular formula is C24H37N9O9. The van der Waals surface area contributed by atoms with Crippen molar-refractivity contribution >= 4 is 41.5 Å². The van der Waals surface area contributed by atoms with Gasteiger partial charge in [0.25, 0.3) is 5.91 Å². The van der Waals surface area contributed by atoms with Gasteiger partial charge in [0.05, 0.1) is 26.2 Å². The van der Waals surface area contributed by atoms with Crippen molar-refractivity contribution in [3.63, 3.8) is 0 Å². The quantitative estimate of drug-likeness (QED) is 0.0440. The molecule has 0 fully saturated rings. The molecule has 18 heteroatoms. The van der Waals surface area contributed by atoms with Gasteiger partial charge in [0.15, 0.2) is 5.96 Å². The monoisotopic (exact) mass is 595 g/mol.